The van der Waals surface area contributed by atoms with Crippen LogP contribution in [-0.2, 0) is 17.9 Å². The molecule has 2 heterocycles. The van der Waals surface area contributed by atoms with Crippen LogP contribution in [0.1, 0.15) is 25.7 Å². The second-order valence-electron chi connectivity index (χ2n) is 5.98. The molecule has 0 aliphatic carbocycles. The maximum absolute atomic E-state index is 12.2. The van der Waals surface area contributed by atoms with Gasteiger partial charge in [0.25, 0.3) is 5.91 Å². The summed E-state index contributed by atoms with van der Waals surface area (Å²) in [6, 6.07) is 11.1. The van der Waals surface area contributed by atoms with E-state index in [9.17, 15) is 9.59 Å². The van der Waals surface area contributed by atoms with Gasteiger partial charge in [-0.3, -0.25) is 14.3 Å². The Morgan fingerprint density at radius 2 is 2.04 bits per heavy atom. The number of nitrogens with zero attached hydrogens (tertiary/aromatic N) is 2. The maximum atomic E-state index is 12.2. The van der Waals surface area contributed by atoms with Crippen LogP contribution in [0.4, 0.5) is 5.69 Å². The van der Waals surface area contributed by atoms with Crippen molar-refractivity contribution in [2.75, 3.05) is 5.32 Å². The second-order valence-corrected chi connectivity index (χ2v) is 7.24. The van der Waals surface area contributed by atoms with Crippen LogP contribution in [-0.4, -0.2) is 21.6 Å². The fraction of sp³-hybridized carbons (Fsp3) is 0.211. The van der Waals surface area contributed by atoms with E-state index in [1.807, 2.05) is 44.2 Å². The van der Waals surface area contributed by atoms with Crippen molar-refractivity contribution in [2.24, 2.45) is 0 Å². The van der Waals surface area contributed by atoms with Crippen LogP contribution >= 0.6 is 11.3 Å². The molecule has 0 saturated carbocycles. The van der Waals surface area contributed by atoms with Gasteiger partial charge in [-0.25, -0.2) is 0 Å². The number of nitrogens with one attached hydrogen (secondary N) is 2. The predicted molar refractivity (Wildman–Crippen MR) is 102 cm³/mol. The number of benzene rings is 1. The molecule has 0 saturated heterocycles. The summed E-state index contributed by atoms with van der Waals surface area (Å²) in [4.78, 5) is 26.1. The van der Waals surface area contributed by atoms with Gasteiger partial charge in [0.05, 0.1) is 4.88 Å². The molecule has 26 heavy (non-hydrogen) atoms. The fourth-order valence-corrected chi connectivity index (χ4v) is 3.41. The number of aryl methyl sites for hydroxylation is 2. The molecule has 3 rings (SSSR count). The first kappa shape index (κ1) is 17.9. The molecule has 0 radical (unpaired) electrons. The van der Waals surface area contributed by atoms with Crippen LogP contribution in [0, 0.1) is 13.8 Å². The Hall–Kier alpha value is -2.93. The summed E-state index contributed by atoms with van der Waals surface area (Å²) >= 11 is 1.49. The quantitative estimate of drug-likeness (QED) is 0.702. The lowest BCUT2D eigenvalue weighted by molar-refractivity contribution is -0.116. The smallest absolute Gasteiger partial charge is 0.261 e. The Kier molecular flexibility index (Phi) is 5.48. The number of carbonyl (C=O) groups excluding carboxylic acids is 2. The van der Waals surface area contributed by atoms with Crippen molar-refractivity contribution < 1.29 is 9.59 Å². The molecule has 1 aromatic carbocycles. The average molecular weight is 368 g/mol. The van der Waals surface area contributed by atoms with Crippen molar-refractivity contribution in [2.45, 2.75) is 26.9 Å². The maximum Gasteiger partial charge on any atom is 0.261 e. The molecule has 0 atom stereocenters. The minimum atomic E-state index is -0.153. The Labute approximate surface area is 155 Å². The average Bonchev–Trinajstić information content (AvgIpc) is 3.23. The van der Waals surface area contributed by atoms with E-state index in [1.54, 1.807) is 23.1 Å². The molecular formula is C19H20N4O2S. The van der Waals surface area contributed by atoms with E-state index in [4.69, 9.17) is 0 Å². The topological polar surface area (TPSA) is 76.0 Å². The summed E-state index contributed by atoms with van der Waals surface area (Å²) < 4.78 is 1.56. The third-order valence-corrected chi connectivity index (χ3v) is 5.07. The van der Waals surface area contributed by atoms with Crippen LogP contribution < -0.4 is 10.6 Å². The lowest BCUT2D eigenvalue weighted by atomic mass is 10.2. The number of hydrogen-bond donors (Lipinski definition) is 2. The molecule has 0 spiro atoms. The van der Waals surface area contributed by atoms with Crippen molar-refractivity contribution in [1.29, 1.82) is 0 Å². The summed E-state index contributed by atoms with van der Waals surface area (Å²) in [7, 11) is 0. The lowest BCUT2D eigenvalue weighted by Crippen LogP contribution is -2.22. The highest BCUT2D eigenvalue weighted by molar-refractivity contribution is 7.14. The molecule has 0 bridgehead atoms. The third-order valence-electron chi connectivity index (χ3n) is 3.92. The predicted octanol–water partition coefficient (Wildman–Crippen LogP) is 3.13. The van der Waals surface area contributed by atoms with E-state index >= 15 is 0 Å². The Bertz CT molecular complexity index is 896. The van der Waals surface area contributed by atoms with E-state index in [2.05, 4.69) is 15.7 Å². The number of thiophene rings is 1. The minimum absolute atomic E-state index is 0.0840. The molecule has 0 aliphatic rings. The fourth-order valence-electron chi connectivity index (χ4n) is 2.46. The summed E-state index contributed by atoms with van der Waals surface area (Å²) in [5.41, 5.74) is 2.74. The van der Waals surface area contributed by atoms with E-state index < -0.39 is 0 Å². The first-order valence-corrected chi connectivity index (χ1v) is 9.04. The van der Waals surface area contributed by atoms with Gasteiger partial charge in [0, 0.05) is 29.5 Å². The van der Waals surface area contributed by atoms with Gasteiger partial charge in [-0.05, 0) is 49.2 Å². The van der Waals surface area contributed by atoms with Gasteiger partial charge in [-0.1, -0.05) is 12.1 Å². The normalized spacial score (nSPS) is 10.5. The summed E-state index contributed by atoms with van der Waals surface area (Å²) in [6.07, 6.45) is 3.37. The van der Waals surface area contributed by atoms with Crippen molar-refractivity contribution in [3.05, 3.63) is 69.7 Å². The van der Waals surface area contributed by atoms with Gasteiger partial charge in [-0.2, -0.15) is 5.10 Å². The van der Waals surface area contributed by atoms with Crippen molar-refractivity contribution in [3.63, 3.8) is 0 Å². The summed E-state index contributed by atoms with van der Waals surface area (Å²) in [5, 5.41) is 9.77. The molecule has 2 N–H and O–H groups in total. The first-order chi connectivity index (χ1) is 12.5. The molecule has 134 valence electrons. The van der Waals surface area contributed by atoms with Crippen LogP contribution in [0.15, 0.2) is 48.8 Å². The van der Waals surface area contributed by atoms with E-state index in [0.29, 0.717) is 17.1 Å². The van der Waals surface area contributed by atoms with Gasteiger partial charge in [0.2, 0.25) is 5.91 Å². The highest BCUT2D eigenvalue weighted by Crippen LogP contribution is 2.20. The van der Waals surface area contributed by atoms with Gasteiger partial charge in [-0.15, -0.1) is 11.3 Å². The molecule has 2 aromatic heterocycles. The van der Waals surface area contributed by atoms with Gasteiger partial charge in [0.15, 0.2) is 0 Å². The minimum Gasteiger partial charge on any atom is -0.347 e. The largest absolute Gasteiger partial charge is 0.347 e. The van der Waals surface area contributed by atoms with Crippen LogP contribution in [0.5, 0.6) is 0 Å². The first-order valence-electron chi connectivity index (χ1n) is 8.23. The van der Waals surface area contributed by atoms with E-state index in [0.717, 1.165) is 16.0 Å². The summed E-state index contributed by atoms with van der Waals surface area (Å²) in [5.74, 6) is -0.237. The number of rotatable bonds is 6. The molecule has 0 aliphatic heterocycles. The number of amides is 2. The summed E-state index contributed by atoms with van der Waals surface area (Å²) in [6.45, 7) is 4.56. The lowest BCUT2D eigenvalue weighted by Gasteiger charge is -2.08. The zero-order valence-electron chi connectivity index (χ0n) is 14.7. The number of aromatic nitrogens is 2. The zero-order chi connectivity index (χ0) is 18.5. The van der Waals surface area contributed by atoms with Crippen molar-refractivity contribution >= 4 is 28.8 Å². The van der Waals surface area contributed by atoms with Crippen LogP contribution in [0.25, 0.3) is 0 Å². The van der Waals surface area contributed by atoms with Gasteiger partial charge < -0.3 is 10.6 Å². The molecule has 3 aromatic rings. The van der Waals surface area contributed by atoms with Crippen molar-refractivity contribution in [3.8, 4) is 0 Å². The Morgan fingerprint density at radius 1 is 1.19 bits per heavy atom. The highest BCUT2D eigenvalue weighted by atomic mass is 32.1. The zero-order valence-corrected chi connectivity index (χ0v) is 15.5. The van der Waals surface area contributed by atoms with Crippen LogP contribution in [0.2, 0.25) is 0 Å². The molecule has 6 nitrogen and oxygen atoms in total. The molecular weight excluding hydrogens is 348 g/mol. The monoisotopic (exact) mass is 368 g/mol. The molecule has 2 amide bonds. The molecule has 0 fully saturated rings. The van der Waals surface area contributed by atoms with E-state index in [-0.39, 0.29) is 18.4 Å². The van der Waals surface area contributed by atoms with Gasteiger partial charge >= 0.3 is 0 Å². The highest BCUT2D eigenvalue weighted by Gasteiger charge is 2.10. The Balaban J connectivity index is 1.56. The number of carbonyl (C=O) groups is 2. The standard InChI is InChI=1S/C19H20N4O2S/c1-13-9-17(26-14(13)2)19(25)20-11-15-5-3-6-16(10-15)22-18(24)12-23-8-4-7-21-23/h3-10H,11-12H2,1-2H3,(H,20,25)(H,22,24). The van der Waals surface area contributed by atoms with Crippen LogP contribution in [0.3, 0.4) is 0 Å². The SMILES string of the molecule is Cc1cc(C(=O)NCc2cccc(NC(=O)Cn3cccn3)c2)sc1C. The van der Waals surface area contributed by atoms with E-state index in [1.165, 1.54) is 11.3 Å². The molecule has 0 unspecified atom stereocenters. The van der Waals surface area contributed by atoms with Gasteiger partial charge in [0.1, 0.15) is 6.54 Å². The number of hydrogen-bond acceptors (Lipinski definition) is 4. The van der Waals surface area contributed by atoms with Crippen molar-refractivity contribution in [1.82, 2.24) is 15.1 Å². The Morgan fingerprint density at radius 3 is 2.73 bits per heavy atom. The second kappa shape index (κ2) is 7.97. The molecule has 7 heteroatoms. The third kappa shape index (κ3) is 4.58. The number of anilines is 1.